The number of carbonyl (C=O) groups is 1. The van der Waals surface area contributed by atoms with E-state index in [9.17, 15) is 4.79 Å². The van der Waals surface area contributed by atoms with Crippen molar-refractivity contribution < 1.29 is 4.79 Å². The van der Waals surface area contributed by atoms with Gasteiger partial charge < -0.3 is 16.0 Å². The third-order valence-corrected chi connectivity index (χ3v) is 2.90. The van der Waals surface area contributed by atoms with Crippen molar-refractivity contribution in [3.63, 3.8) is 0 Å². The maximum Gasteiger partial charge on any atom is 0.228 e. The summed E-state index contributed by atoms with van der Waals surface area (Å²) in [5.41, 5.74) is 6.15. The molecule has 0 saturated carbocycles. The van der Waals surface area contributed by atoms with Crippen molar-refractivity contribution in [3.05, 3.63) is 18.3 Å². The number of aromatic nitrogens is 1. The van der Waals surface area contributed by atoms with Crippen LogP contribution in [-0.2, 0) is 4.79 Å². The number of anilines is 2. The van der Waals surface area contributed by atoms with Gasteiger partial charge in [-0.2, -0.15) is 0 Å². The summed E-state index contributed by atoms with van der Waals surface area (Å²) < 4.78 is 0. The van der Waals surface area contributed by atoms with Crippen LogP contribution in [0.1, 0.15) is 20.8 Å². The molecule has 3 N–H and O–H groups in total. The minimum Gasteiger partial charge on any atom is -0.357 e. The Labute approximate surface area is 133 Å². The summed E-state index contributed by atoms with van der Waals surface area (Å²) in [5, 5.41) is 2.79. The summed E-state index contributed by atoms with van der Waals surface area (Å²) in [7, 11) is 0. The van der Waals surface area contributed by atoms with Gasteiger partial charge in [0, 0.05) is 25.6 Å². The molecule has 116 valence electrons. The summed E-state index contributed by atoms with van der Waals surface area (Å²) >= 11 is 0. The number of pyridine rings is 1. The van der Waals surface area contributed by atoms with Crippen LogP contribution in [0.5, 0.6) is 0 Å². The normalized spacial score (nSPS) is 10.8. The Morgan fingerprint density at radius 3 is 2.35 bits per heavy atom. The molecule has 0 fully saturated rings. The predicted octanol–water partition coefficient (Wildman–Crippen LogP) is 2.30. The van der Waals surface area contributed by atoms with E-state index in [1.807, 2.05) is 12.1 Å². The van der Waals surface area contributed by atoms with E-state index in [-0.39, 0.29) is 36.6 Å². The smallest absolute Gasteiger partial charge is 0.228 e. The lowest BCUT2D eigenvalue weighted by atomic mass is 10.1. The first-order valence-corrected chi connectivity index (χ1v) is 6.34. The fraction of sp³-hybridized carbons (Fsp3) is 0.538. The molecule has 20 heavy (non-hydrogen) atoms. The largest absolute Gasteiger partial charge is 0.357 e. The maximum atomic E-state index is 11.6. The average molecular weight is 323 g/mol. The lowest BCUT2D eigenvalue weighted by Crippen LogP contribution is -2.27. The molecule has 0 aliphatic carbocycles. The standard InChI is InChI=1S/C13H22N4O.2ClH/c1-4-17(5-2)12-7-6-11(9-15-12)16-13(18)10(3)8-14;;/h6-7,9-10H,4-5,8,14H2,1-3H3,(H,16,18);2*1H. The van der Waals surface area contributed by atoms with Crippen molar-refractivity contribution in [2.75, 3.05) is 29.9 Å². The van der Waals surface area contributed by atoms with Crippen LogP contribution >= 0.6 is 24.8 Å². The number of amides is 1. The molecule has 1 aromatic heterocycles. The maximum absolute atomic E-state index is 11.6. The van der Waals surface area contributed by atoms with Crippen molar-refractivity contribution in [2.24, 2.45) is 11.7 Å². The molecule has 1 amide bonds. The van der Waals surface area contributed by atoms with E-state index in [0.29, 0.717) is 12.2 Å². The van der Waals surface area contributed by atoms with Crippen molar-refractivity contribution >= 4 is 42.2 Å². The SMILES string of the molecule is CCN(CC)c1ccc(NC(=O)C(C)CN)cn1.Cl.Cl. The van der Waals surface area contributed by atoms with Gasteiger partial charge in [-0.1, -0.05) is 6.92 Å². The number of rotatable bonds is 6. The van der Waals surface area contributed by atoms with E-state index < -0.39 is 0 Å². The van der Waals surface area contributed by atoms with E-state index in [4.69, 9.17) is 5.73 Å². The minimum atomic E-state index is -0.188. The summed E-state index contributed by atoms with van der Waals surface area (Å²) in [4.78, 5) is 18.1. The molecule has 0 spiro atoms. The predicted molar refractivity (Wildman–Crippen MR) is 89.1 cm³/mol. The van der Waals surface area contributed by atoms with Gasteiger partial charge in [0.2, 0.25) is 5.91 Å². The second kappa shape index (κ2) is 10.7. The van der Waals surface area contributed by atoms with Gasteiger partial charge in [-0.25, -0.2) is 4.98 Å². The molecule has 1 heterocycles. The zero-order valence-corrected chi connectivity index (χ0v) is 13.8. The van der Waals surface area contributed by atoms with Gasteiger partial charge in [0.15, 0.2) is 0 Å². The van der Waals surface area contributed by atoms with Crippen LogP contribution in [0.15, 0.2) is 18.3 Å². The van der Waals surface area contributed by atoms with E-state index in [1.54, 1.807) is 13.1 Å². The molecule has 0 aliphatic rings. The van der Waals surface area contributed by atoms with Gasteiger partial charge >= 0.3 is 0 Å². The summed E-state index contributed by atoms with van der Waals surface area (Å²) in [6, 6.07) is 3.78. The molecule has 0 bridgehead atoms. The molecule has 0 aromatic carbocycles. The van der Waals surface area contributed by atoms with Crippen LogP contribution in [0.4, 0.5) is 11.5 Å². The fourth-order valence-electron chi connectivity index (χ4n) is 1.57. The Hall–Kier alpha value is -1.04. The van der Waals surface area contributed by atoms with Crippen LogP contribution in [-0.4, -0.2) is 30.5 Å². The molecule has 0 radical (unpaired) electrons. The minimum absolute atomic E-state index is 0. The number of hydrogen-bond acceptors (Lipinski definition) is 4. The lowest BCUT2D eigenvalue weighted by Gasteiger charge is -2.19. The number of nitrogens with zero attached hydrogens (tertiary/aromatic N) is 2. The van der Waals surface area contributed by atoms with E-state index in [1.165, 1.54) is 0 Å². The van der Waals surface area contributed by atoms with Crippen molar-refractivity contribution in [1.29, 1.82) is 0 Å². The molecule has 7 heteroatoms. The van der Waals surface area contributed by atoms with Crippen molar-refractivity contribution in [1.82, 2.24) is 4.98 Å². The highest BCUT2D eigenvalue weighted by Crippen LogP contribution is 2.14. The van der Waals surface area contributed by atoms with Crippen molar-refractivity contribution in [3.8, 4) is 0 Å². The van der Waals surface area contributed by atoms with Gasteiger partial charge in [-0.3, -0.25) is 4.79 Å². The van der Waals surface area contributed by atoms with Crippen LogP contribution in [0, 0.1) is 5.92 Å². The third-order valence-electron chi connectivity index (χ3n) is 2.90. The Bertz CT molecular complexity index is 382. The highest BCUT2D eigenvalue weighted by Gasteiger charge is 2.11. The molecule has 1 unspecified atom stereocenters. The molecule has 1 aromatic rings. The molecule has 0 saturated heterocycles. The highest BCUT2D eigenvalue weighted by atomic mass is 35.5. The molecular weight excluding hydrogens is 299 g/mol. The second-order valence-corrected chi connectivity index (χ2v) is 4.20. The molecule has 0 aliphatic heterocycles. The lowest BCUT2D eigenvalue weighted by molar-refractivity contribution is -0.119. The zero-order chi connectivity index (χ0) is 13.5. The monoisotopic (exact) mass is 322 g/mol. The van der Waals surface area contributed by atoms with Gasteiger partial charge in [-0.05, 0) is 26.0 Å². The number of nitrogens with two attached hydrogens (primary N) is 1. The summed E-state index contributed by atoms with van der Waals surface area (Å²) in [5.74, 6) is 0.659. The zero-order valence-electron chi connectivity index (χ0n) is 12.1. The van der Waals surface area contributed by atoms with E-state index in [2.05, 4.69) is 29.0 Å². The summed E-state index contributed by atoms with van der Waals surface area (Å²) in [6.45, 7) is 8.15. The topological polar surface area (TPSA) is 71.2 Å². The second-order valence-electron chi connectivity index (χ2n) is 4.20. The Morgan fingerprint density at radius 2 is 1.95 bits per heavy atom. The fourth-order valence-corrected chi connectivity index (χ4v) is 1.57. The Kier molecular flexibility index (Phi) is 11.4. The molecule has 1 rings (SSSR count). The van der Waals surface area contributed by atoms with Gasteiger partial charge in [0.05, 0.1) is 11.9 Å². The number of halogens is 2. The van der Waals surface area contributed by atoms with Crippen LogP contribution in [0.3, 0.4) is 0 Å². The average Bonchev–Trinajstić information content (AvgIpc) is 2.41. The van der Waals surface area contributed by atoms with Crippen LogP contribution in [0.2, 0.25) is 0 Å². The van der Waals surface area contributed by atoms with E-state index >= 15 is 0 Å². The van der Waals surface area contributed by atoms with Gasteiger partial charge in [0.1, 0.15) is 5.82 Å². The first-order valence-electron chi connectivity index (χ1n) is 6.34. The first kappa shape index (κ1) is 21.3. The van der Waals surface area contributed by atoms with Crippen LogP contribution in [0.25, 0.3) is 0 Å². The third kappa shape index (κ3) is 5.94. The van der Waals surface area contributed by atoms with Crippen LogP contribution < -0.4 is 16.0 Å². The molecule has 5 nitrogen and oxygen atoms in total. The summed E-state index contributed by atoms with van der Waals surface area (Å²) in [6.07, 6.45) is 1.68. The van der Waals surface area contributed by atoms with Gasteiger partial charge in [0.25, 0.3) is 0 Å². The molecular formula is C13H24Cl2N4O. The number of nitrogens with one attached hydrogen (secondary N) is 1. The van der Waals surface area contributed by atoms with Crippen molar-refractivity contribution in [2.45, 2.75) is 20.8 Å². The quantitative estimate of drug-likeness (QED) is 0.843. The number of carbonyl (C=O) groups excluding carboxylic acids is 1. The Morgan fingerprint density at radius 1 is 1.35 bits per heavy atom. The molecule has 1 atom stereocenters. The first-order chi connectivity index (χ1) is 8.62. The Balaban J connectivity index is 0. The van der Waals surface area contributed by atoms with Gasteiger partial charge in [-0.15, -0.1) is 24.8 Å². The highest BCUT2D eigenvalue weighted by molar-refractivity contribution is 5.92. The van der Waals surface area contributed by atoms with E-state index in [0.717, 1.165) is 18.9 Å². The number of hydrogen-bond donors (Lipinski definition) is 2.